The summed E-state index contributed by atoms with van der Waals surface area (Å²) in [6.45, 7) is 5.06. The Morgan fingerprint density at radius 3 is 2.39 bits per heavy atom. The van der Waals surface area contributed by atoms with Crippen LogP contribution in [0.15, 0.2) is 12.1 Å². The van der Waals surface area contributed by atoms with E-state index in [1.54, 1.807) is 0 Å². The summed E-state index contributed by atoms with van der Waals surface area (Å²) in [5, 5.41) is 0. The molecule has 0 bridgehead atoms. The van der Waals surface area contributed by atoms with Gasteiger partial charge in [-0.15, -0.1) is 0 Å². The highest BCUT2D eigenvalue weighted by molar-refractivity contribution is 5.52. The molecule has 0 aliphatic carbocycles. The molecule has 1 aliphatic rings. The van der Waals surface area contributed by atoms with Gasteiger partial charge in [0.1, 0.15) is 17.3 Å². The van der Waals surface area contributed by atoms with Crippen molar-refractivity contribution in [1.82, 2.24) is 0 Å². The Labute approximate surface area is 107 Å². The maximum Gasteiger partial charge on any atom is 0.149 e. The molecule has 100 valence electrons. The number of nitrogens with two attached hydrogens (primary N) is 1. The molecule has 1 aromatic carbocycles. The summed E-state index contributed by atoms with van der Waals surface area (Å²) in [4.78, 5) is 1.84. The average Bonchev–Trinajstić information content (AvgIpc) is 2.30. The molecule has 1 fully saturated rings. The summed E-state index contributed by atoms with van der Waals surface area (Å²) in [7, 11) is 0. The fraction of sp³-hybridized carbons (Fsp3) is 0.571. The Morgan fingerprint density at radius 1 is 1.28 bits per heavy atom. The summed E-state index contributed by atoms with van der Waals surface area (Å²) in [5.41, 5.74) is 6.01. The van der Waals surface area contributed by atoms with Gasteiger partial charge in [0.2, 0.25) is 0 Å². The number of anilines is 1. The van der Waals surface area contributed by atoms with Crippen molar-refractivity contribution in [3.8, 4) is 0 Å². The van der Waals surface area contributed by atoms with E-state index in [-0.39, 0.29) is 18.3 Å². The highest BCUT2D eigenvalue weighted by Gasteiger charge is 2.27. The van der Waals surface area contributed by atoms with E-state index in [4.69, 9.17) is 5.73 Å². The molecule has 0 aromatic heterocycles. The molecule has 1 heterocycles. The van der Waals surface area contributed by atoms with Crippen LogP contribution in [-0.2, 0) is 6.54 Å². The first-order valence-corrected chi connectivity index (χ1v) is 6.47. The summed E-state index contributed by atoms with van der Waals surface area (Å²) in [6.07, 6.45) is 1.94. The fourth-order valence-corrected chi connectivity index (χ4v) is 2.75. The monoisotopic (exact) mass is 254 g/mol. The third-order valence-corrected chi connectivity index (χ3v) is 3.74. The lowest BCUT2D eigenvalue weighted by Gasteiger charge is -2.38. The molecule has 2 rings (SSSR count). The molecule has 1 aliphatic heterocycles. The molecule has 2 N–H and O–H groups in total. The summed E-state index contributed by atoms with van der Waals surface area (Å²) < 4.78 is 28.0. The minimum absolute atomic E-state index is 0.103. The maximum atomic E-state index is 14.0. The molecule has 0 radical (unpaired) electrons. The fourth-order valence-electron chi connectivity index (χ4n) is 2.75. The average molecular weight is 254 g/mol. The van der Waals surface area contributed by atoms with Gasteiger partial charge >= 0.3 is 0 Å². The van der Waals surface area contributed by atoms with Crippen LogP contribution in [-0.4, -0.2) is 12.6 Å². The van der Waals surface area contributed by atoms with Gasteiger partial charge < -0.3 is 10.6 Å². The molecule has 2 unspecified atom stereocenters. The topological polar surface area (TPSA) is 29.3 Å². The van der Waals surface area contributed by atoms with Crippen molar-refractivity contribution in [2.45, 2.75) is 39.3 Å². The molecule has 0 saturated carbocycles. The maximum absolute atomic E-state index is 14.0. The highest BCUT2D eigenvalue weighted by atomic mass is 19.1. The third-order valence-electron chi connectivity index (χ3n) is 3.74. The Hall–Kier alpha value is -1.16. The molecular weight excluding hydrogens is 234 g/mol. The lowest BCUT2D eigenvalue weighted by atomic mass is 9.92. The van der Waals surface area contributed by atoms with Crippen molar-refractivity contribution < 1.29 is 8.78 Å². The van der Waals surface area contributed by atoms with Crippen molar-refractivity contribution in [1.29, 1.82) is 0 Å². The molecule has 2 atom stereocenters. The van der Waals surface area contributed by atoms with Gasteiger partial charge in [0.05, 0.1) is 0 Å². The SMILES string of the molecule is CC1CCN(c2c(F)cc(CN)cc2F)C(C)C1. The minimum atomic E-state index is -0.503. The number of hydrogen-bond donors (Lipinski definition) is 1. The largest absolute Gasteiger partial charge is 0.364 e. The first-order chi connectivity index (χ1) is 8.52. The third kappa shape index (κ3) is 2.48. The van der Waals surface area contributed by atoms with Gasteiger partial charge in [-0.1, -0.05) is 6.92 Å². The first-order valence-electron chi connectivity index (χ1n) is 6.47. The predicted octanol–water partition coefficient (Wildman–Crippen LogP) is 3.05. The van der Waals surface area contributed by atoms with E-state index in [1.807, 2.05) is 11.8 Å². The predicted molar refractivity (Wildman–Crippen MR) is 69.5 cm³/mol. The smallest absolute Gasteiger partial charge is 0.149 e. The van der Waals surface area contributed by atoms with Crippen LogP contribution >= 0.6 is 0 Å². The highest BCUT2D eigenvalue weighted by Crippen LogP contribution is 2.32. The van der Waals surface area contributed by atoms with Crippen molar-refractivity contribution in [3.05, 3.63) is 29.3 Å². The van der Waals surface area contributed by atoms with Gasteiger partial charge in [-0.3, -0.25) is 0 Å². The summed E-state index contributed by atoms with van der Waals surface area (Å²) in [6, 6.07) is 2.84. The van der Waals surface area contributed by atoms with Crippen molar-refractivity contribution in [2.24, 2.45) is 11.7 Å². The molecule has 1 saturated heterocycles. The van der Waals surface area contributed by atoms with Gasteiger partial charge in [0.15, 0.2) is 0 Å². The zero-order valence-electron chi connectivity index (χ0n) is 10.9. The Morgan fingerprint density at radius 2 is 1.89 bits per heavy atom. The Balaban J connectivity index is 2.33. The molecule has 0 amide bonds. The number of rotatable bonds is 2. The quantitative estimate of drug-likeness (QED) is 0.879. The van der Waals surface area contributed by atoms with Crippen LogP contribution in [0.25, 0.3) is 0 Å². The van der Waals surface area contributed by atoms with Gasteiger partial charge in [0, 0.05) is 19.1 Å². The number of hydrogen-bond acceptors (Lipinski definition) is 2. The summed E-state index contributed by atoms with van der Waals surface area (Å²) >= 11 is 0. The Kier molecular flexibility index (Phi) is 3.85. The van der Waals surface area contributed by atoms with Gasteiger partial charge in [-0.2, -0.15) is 0 Å². The lowest BCUT2D eigenvalue weighted by molar-refractivity contribution is 0.371. The molecule has 1 aromatic rings. The standard InChI is InChI=1S/C14H20F2N2/c1-9-3-4-18(10(2)5-9)14-12(15)6-11(8-17)7-13(14)16/h6-7,9-10H,3-5,8,17H2,1-2H3. The molecular formula is C14H20F2N2. The van der Waals surface area contributed by atoms with Crippen molar-refractivity contribution in [2.75, 3.05) is 11.4 Å². The zero-order valence-corrected chi connectivity index (χ0v) is 10.9. The van der Waals surface area contributed by atoms with E-state index in [2.05, 4.69) is 6.92 Å². The second-order valence-electron chi connectivity index (χ2n) is 5.28. The number of nitrogens with zero attached hydrogens (tertiary/aromatic N) is 1. The van der Waals surface area contributed by atoms with Gasteiger partial charge in [0.25, 0.3) is 0 Å². The van der Waals surface area contributed by atoms with Crippen LogP contribution in [0.4, 0.5) is 14.5 Å². The van der Waals surface area contributed by atoms with E-state index < -0.39 is 11.6 Å². The van der Waals surface area contributed by atoms with Crippen LogP contribution < -0.4 is 10.6 Å². The van der Waals surface area contributed by atoms with E-state index in [0.717, 1.165) is 12.8 Å². The van der Waals surface area contributed by atoms with Crippen LogP contribution in [0.1, 0.15) is 32.3 Å². The molecule has 2 nitrogen and oxygen atoms in total. The van der Waals surface area contributed by atoms with E-state index >= 15 is 0 Å². The Bertz CT molecular complexity index is 411. The van der Waals surface area contributed by atoms with Crippen LogP contribution in [0.2, 0.25) is 0 Å². The second kappa shape index (κ2) is 5.22. The zero-order chi connectivity index (χ0) is 13.3. The van der Waals surface area contributed by atoms with Crippen molar-refractivity contribution in [3.63, 3.8) is 0 Å². The summed E-state index contributed by atoms with van der Waals surface area (Å²) in [5.74, 6) is -0.389. The van der Waals surface area contributed by atoms with E-state index in [9.17, 15) is 8.78 Å². The molecule has 0 spiro atoms. The van der Waals surface area contributed by atoms with Crippen molar-refractivity contribution >= 4 is 5.69 Å². The van der Waals surface area contributed by atoms with Gasteiger partial charge in [-0.25, -0.2) is 8.78 Å². The number of halogens is 2. The van der Waals surface area contributed by atoms with Crippen LogP contribution in [0.3, 0.4) is 0 Å². The number of piperidine rings is 1. The minimum Gasteiger partial charge on any atom is -0.364 e. The molecule has 18 heavy (non-hydrogen) atoms. The van der Waals surface area contributed by atoms with E-state index in [1.165, 1.54) is 12.1 Å². The molecule has 4 heteroatoms. The second-order valence-corrected chi connectivity index (χ2v) is 5.28. The normalized spacial score (nSPS) is 24.4. The lowest BCUT2D eigenvalue weighted by Crippen LogP contribution is -2.41. The van der Waals surface area contributed by atoms with Gasteiger partial charge in [-0.05, 0) is 43.4 Å². The van der Waals surface area contributed by atoms with Crippen LogP contribution in [0, 0.1) is 17.6 Å². The number of benzene rings is 1. The first kappa shape index (κ1) is 13.3. The van der Waals surface area contributed by atoms with Crippen LogP contribution in [0.5, 0.6) is 0 Å². The van der Waals surface area contributed by atoms with E-state index in [0.29, 0.717) is 18.0 Å².